The minimum Gasteiger partial charge on any atom is -0.394 e. The van der Waals surface area contributed by atoms with Crippen molar-refractivity contribution in [3.05, 3.63) is 46.8 Å². The molecule has 1 aromatic rings. The van der Waals surface area contributed by atoms with Crippen LogP contribution >= 0.6 is 0 Å². The van der Waals surface area contributed by atoms with E-state index in [1.54, 1.807) is 18.9 Å². The molecule has 0 bridgehead atoms. The van der Waals surface area contributed by atoms with E-state index in [1.165, 1.54) is 17.0 Å². The number of amidine groups is 1. The molecule has 0 unspecified atom stereocenters. The van der Waals surface area contributed by atoms with Crippen molar-refractivity contribution in [3.8, 4) is 0 Å². The van der Waals surface area contributed by atoms with Crippen molar-refractivity contribution in [2.45, 2.75) is 26.6 Å². The third-order valence-electron chi connectivity index (χ3n) is 4.13. The number of hydrogen-bond donors (Lipinski definition) is 2. The smallest absolute Gasteiger partial charge is 0.394 e. The Morgan fingerprint density at radius 1 is 1.30 bits per heavy atom. The van der Waals surface area contributed by atoms with Gasteiger partial charge in [0, 0.05) is 20.1 Å². The van der Waals surface area contributed by atoms with Crippen LogP contribution in [0.3, 0.4) is 0 Å². The molecule has 2 rings (SSSR count). The van der Waals surface area contributed by atoms with Gasteiger partial charge in [-0.15, -0.1) is 0 Å². The second-order valence-corrected chi connectivity index (χ2v) is 6.34. The van der Waals surface area contributed by atoms with Gasteiger partial charge in [0.2, 0.25) is 0 Å². The number of halogens is 3. The van der Waals surface area contributed by atoms with Gasteiger partial charge in [-0.1, -0.05) is 12.1 Å². The van der Waals surface area contributed by atoms with Gasteiger partial charge in [-0.3, -0.25) is 9.89 Å². The molecule has 148 valence electrons. The quantitative estimate of drug-likeness (QED) is 0.606. The molecule has 0 radical (unpaired) electrons. The molecular weight excluding hydrogens is 361 g/mol. The van der Waals surface area contributed by atoms with E-state index in [-0.39, 0.29) is 25.7 Å². The highest BCUT2D eigenvalue weighted by atomic mass is 19.4. The molecule has 0 fully saturated rings. The van der Waals surface area contributed by atoms with Gasteiger partial charge in [-0.05, 0) is 37.1 Å². The molecule has 0 aliphatic carbocycles. The monoisotopic (exact) mass is 384 g/mol. The van der Waals surface area contributed by atoms with E-state index in [1.807, 2.05) is 6.92 Å². The highest BCUT2D eigenvalue weighted by Crippen LogP contribution is 2.29. The normalized spacial score (nSPS) is 16.3. The van der Waals surface area contributed by atoms with Gasteiger partial charge in [0.25, 0.3) is 0 Å². The Labute approximate surface area is 156 Å². The number of carbonyl (C=O) groups is 1. The van der Waals surface area contributed by atoms with E-state index >= 15 is 0 Å². The molecule has 0 atom stereocenters. The second-order valence-electron chi connectivity index (χ2n) is 6.34. The van der Waals surface area contributed by atoms with E-state index in [2.05, 4.69) is 10.3 Å². The number of benzene rings is 1. The van der Waals surface area contributed by atoms with Crippen LogP contribution in [0.4, 0.5) is 18.0 Å². The Bertz CT molecular complexity index is 742. The highest BCUT2D eigenvalue weighted by Gasteiger charge is 2.31. The molecule has 0 aromatic heterocycles. The molecule has 1 aliphatic heterocycles. The van der Waals surface area contributed by atoms with Crippen LogP contribution in [0.1, 0.15) is 25.0 Å². The number of aliphatic hydroxyl groups excluding tert-OH is 1. The van der Waals surface area contributed by atoms with Gasteiger partial charge in [-0.25, -0.2) is 4.79 Å². The summed E-state index contributed by atoms with van der Waals surface area (Å²) in [5, 5.41) is 11.9. The van der Waals surface area contributed by atoms with E-state index in [0.29, 0.717) is 23.8 Å². The van der Waals surface area contributed by atoms with Gasteiger partial charge in [-0.2, -0.15) is 13.2 Å². The summed E-state index contributed by atoms with van der Waals surface area (Å²) < 4.78 is 38.0. The molecule has 2 amide bonds. The molecule has 1 heterocycles. The summed E-state index contributed by atoms with van der Waals surface area (Å²) >= 11 is 0. The lowest BCUT2D eigenvalue weighted by molar-refractivity contribution is -0.137. The number of rotatable bonds is 5. The summed E-state index contributed by atoms with van der Waals surface area (Å²) in [4.78, 5) is 19.8. The van der Waals surface area contributed by atoms with E-state index in [9.17, 15) is 18.0 Å². The summed E-state index contributed by atoms with van der Waals surface area (Å²) in [6.07, 6.45) is -4.38. The average molecular weight is 384 g/mol. The topological polar surface area (TPSA) is 68.2 Å². The van der Waals surface area contributed by atoms with Crippen molar-refractivity contribution in [1.29, 1.82) is 0 Å². The van der Waals surface area contributed by atoms with Crippen molar-refractivity contribution in [2.24, 2.45) is 4.99 Å². The standard InChI is InChI=1S/C18H23F3N4O2/c1-12-10-25(11-14-4-6-15(7-5-14)18(19,20)21)17(27)24(3)16(12)23-13(2)22-8-9-26/h4-7,26H,8-11H2,1-3H3,(H,22,23). The molecule has 2 N–H and O–H groups in total. The van der Waals surface area contributed by atoms with Gasteiger partial charge < -0.3 is 15.3 Å². The van der Waals surface area contributed by atoms with Crippen LogP contribution in [0.2, 0.25) is 0 Å². The zero-order valence-electron chi connectivity index (χ0n) is 15.5. The molecule has 1 aromatic carbocycles. The number of hydrogen-bond acceptors (Lipinski definition) is 3. The summed E-state index contributed by atoms with van der Waals surface area (Å²) in [7, 11) is 1.62. The maximum absolute atomic E-state index is 12.7. The van der Waals surface area contributed by atoms with Gasteiger partial charge >= 0.3 is 12.2 Å². The number of amides is 2. The first-order valence-electron chi connectivity index (χ1n) is 8.41. The fraction of sp³-hybridized carbons (Fsp3) is 0.444. The number of alkyl halides is 3. The third kappa shape index (κ3) is 5.22. The number of urea groups is 1. The molecule has 9 heteroatoms. The second kappa shape index (κ2) is 8.43. The van der Waals surface area contributed by atoms with Crippen LogP contribution in [0.25, 0.3) is 0 Å². The third-order valence-corrected chi connectivity index (χ3v) is 4.13. The Morgan fingerprint density at radius 3 is 2.48 bits per heavy atom. The lowest BCUT2D eigenvalue weighted by Crippen LogP contribution is -2.49. The minimum absolute atomic E-state index is 0.0628. The highest BCUT2D eigenvalue weighted by molar-refractivity contribution is 5.84. The summed E-state index contributed by atoms with van der Waals surface area (Å²) in [5.74, 6) is 1.19. The van der Waals surface area contributed by atoms with Crippen LogP contribution in [-0.4, -0.2) is 53.5 Å². The van der Waals surface area contributed by atoms with Crippen LogP contribution in [0.5, 0.6) is 0 Å². The maximum Gasteiger partial charge on any atom is 0.416 e. The molecule has 0 spiro atoms. The largest absolute Gasteiger partial charge is 0.416 e. The van der Waals surface area contributed by atoms with Crippen LogP contribution < -0.4 is 5.32 Å². The number of nitrogens with zero attached hydrogens (tertiary/aromatic N) is 3. The number of aliphatic hydroxyl groups is 1. The van der Waals surface area contributed by atoms with E-state index in [0.717, 1.165) is 17.7 Å². The van der Waals surface area contributed by atoms with Crippen LogP contribution in [0.15, 0.2) is 40.7 Å². The van der Waals surface area contributed by atoms with E-state index in [4.69, 9.17) is 5.11 Å². The fourth-order valence-corrected chi connectivity index (χ4v) is 2.79. The lowest BCUT2D eigenvalue weighted by atomic mass is 10.1. The predicted molar refractivity (Wildman–Crippen MR) is 95.9 cm³/mol. The number of aliphatic imine (C=N–C) groups is 1. The zero-order chi connectivity index (χ0) is 20.2. The lowest BCUT2D eigenvalue weighted by Gasteiger charge is -2.36. The SMILES string of the molecule is CC(=NCCO)NC1=C(C)CN(Cc2ccc(C(F)(F)F)cc2)C(=O)N1C. The van der Waals surface area contributed by atoms with Crippen molar-refractivity contribution < 1.29 is 23.1 Å². The molecule has 6 nitrogen and oxygen atoms in total. The number of nitrogens with one attached hydrogen (secondary N) is 1. The first-order chi connectivity index (χ1) is 12.6. The fourth-order valence-electron chi connectivity index (χ4n) is 2.79. The first kappa shape index (κ1) is 20.8. The maximum atomic E-state index is 12.7. The molecule has 0 saturated carbocycles. The zero-order valence-corrected chi connectivity index (χ0v) is 15.5. The molecule has 27 heavy (non-hydrogen) atoms. The number of carbonyl (C=O) groups excluding carboxylic acids is 1. The summed E-state index contributed by atoms with van der Waals surface area (Å²) in [6.45, 7) is 4.37. The molecular formula is C18H23F3N4O2. The summed E-state index contributed by atoms with van der Waals surface area (Å²) in [6, 6.07) is 4.54. The van der Waals surface area contributed by atoms with Crippen molar-refractivity contribution in [3.63, 3.8) is 0 Å². The van der Waals surface area contributed by atoms with Crippen molar-refractivity contribution >= 4 is 11.9 Å². The first-order valence-corrected chi connectivity index (χ1v) is 8.41. The average Bonchev–Trinajstić information content (AvgIpc) is 2.61. The summed E-state index contributed by atoms with van der Waals surface area (Å²) in [5.41, 5.74) is 0.797. The van der Waals surface area contributed by atoms with E-state index < -0.39 is 11.7 Å². The Morgan fingerprint density at radius 2 is 1.93 bits per heavy atom. The van der Waals surface area contributed by atoms with Crippen molar-refractivity contribution in [2.75, 3.05) is 26.7 Å². The Kier molecular flexibility index (Phi) is 6.48. The molecule has 0 saturated heterocycles. The van der Waals surface area contributed by atoms with Gasteiger partial charge in [0.1, 0.15) is 5.82 Å². The van der Waals surface area contributed by atoms with Gasteiger partial charge in [0.05, 0.1) is 24.6 Å². The predicted octanol–water partition coefficient (Wildman–Crippen LogP) is 2.80. The van der Waals surface area contributed by atoms with Crippen LogP contribution in [0, 0.1) is 0 Å². The Hall–Kier alpha value is -2.55. The van der Waals surface area contributed by atoms with Crippen LogP contribution in [-0.2, 0) is 12.7 Å². The van der Waals surface area contributed by atoms with Crippen molar-refractivity contribution in [1.82, 2.24) is 15.1 Å². The Balaban J connectivity index is 2.12. The molecule has 1 aliphatic rings. The minimum atomic E-state index is -4.38. The van der Waals surface area contributed by atoms with Gasteiger partial charge in [0.15, 0.2) is 0 Å².